The number of unbranched alkanes of at least 4 members (excludes halogenated alkanes) is 1. The van der Waals surface area contributed by atoms with Gasteiger partial charge in [-0.3, -0.25) is 0 Å². The molecule has 0 saturated carbocycles. The van der Waals surface area contributed by atoms with Crippen LogP contribution in [0.2, 0.25) is 0 Å². The van der Waals surface area contributed by atoms with Gasteiger partial charge in [0, 0.05) is 5.92 Å². The first kappa shape index (κ1) is 20.7. The van der Waals surface area contributed by atoms with Gasteiger partial charge in [-0.05, 0) is 76.9 Å². The fourth-order valence-corrected chi connectivity index (χ4v) is 4.80. The number of halogens is 4. The SMILES string of the molecule is CCCC[C@@H]1CCc2c(ccc3ccc(F)cc23)[C@H]1c1ccc(OC(F)(F)F)cc1. The molecule has 1 aliphatic carbocycles. The highest BCUT2D eigenvalue weighted by molar-refractivity contribution is 5.87. The molecular weight excluding hydrogens is 392 g/mol. The summed E-state index contributed by atoms with van der Waals surface area (Å²) in [6, 6.07) is 15.2. The molecule has 0 spiro atoms. The van der Waals surface area contributed by atoms with Gasteiger partial charge in [-0.1, -0.05) is 50.1 Å². The standard InChI is InChI=1S/C25H24F4O/c1-2-3-4-17-9-13-21-22(14-8-16-5-10-19(26)15-23(16)21)24(17)18-6-11-20(12-7-18)30-25(27,28)29/h5-8,10-12,14-15,17,24H,2-4,9,13H2,1H3/t17-,24-/m1/s1. The van der Waals surface area contributed by atoms with Gasteiger partial charge in [-0.15, -0.1) is 13.2 Å². The first-order chi connectivity index (χ1) is 14.4. The zero-order valence-corrected chi connectivity index (χ0v) is 16.8. The summed E-state index contributed by atoms with van der Waals surface area (Å²) in [6.45, 7) is 2.16. The molecule has 1 nitrogen and oxygen atoms in total. The maximum Gasteiger partial charge on any atom is 0.573 e. The van der Waals surface area contributed by atoms with Crippen LogP contribution in [0.25, 0.3) is 10.8 Å². The molecule has 5 heteroatoms. The molecule has 0 aliphatic heterocycles. The molecule has 30 heavy (non-hydrogen) atoms. The van der Waals surface area contributed by atoms with Crippen molar-refractivity contribution in [2.45, 2.75) is 51.3 Å². The maximum absolute atomic E-state index is 13.9. The topological polar surface area (TPSA) is 9.23 Å². The summed E-state index contributed by atoms with van der Waals surface area (Å²) in [7, 11) is 0. The van der Waals surface area contributed by atoms with Crippen molar-refractivity contribution in [2.24, 2.45) is 5.92 Å². The van der Waals surface area contributed by atoms with Crippen LogP contribution in [0.1, 0.15) is 55.2 Å². The van der Waals surface area contributed by atoms with E-state index in [9.17, 15) is 17.6 Å². The Morgan fingerprint density at radius 2 is 1.73 bits per heavy atom. The van der Waals surface area contributed by atoms with Gasteiger partial charge in [-0.2, -0.15) is 0 Å². The average Bonchev–Trinajstić information content (AvgIpc) is 2.71. The molecule has 0 bridgehead atoms. The fourth-order valence-electron chi connectivity index (χ4n) is 4.80. The zero-order chi connectivity index (χ0) is 21.3. The number of benzene rings is 3. The quantitative estimate of drug-likeness (QED) is 0.386. The van der Waals surface area contributed by atoms with Crippen LogP contribution in [0.3, 0.4) is 0 Å². The molecule has 3 aromatic carbocycles. The highest BCUT2D eigenvalue weighted by Crippen LogP contribution is 2.45. The van der Waals surface area contributed by atoms with E-state index in [4.69, 9.17) is 0 Å². The second-order valence-electron chi connectivity index (χ2n) is 8.03. The number of fused-ring (bicyclic) bond motifs is 3. The van der Waals surface area contributed by atoms with Crippen molar-refractivity contribution in [1.29, 1.82) is 0 Å². The molecule has 3 aromatic rings. The average molecular weight is 416 g/mol. The van der Waals surface area contributed by atoms with Gasteiger partial charge in [0.15, 0.2) is 0 Å². The van der Waals surface area contributed by atoms with E-state index in [1.165, 1.54) is 18.2 Å². The van der Waals surface area contributed by atoms with Crippen LogP contribution in [-0.2, 0) is 6.42 Å². The van der Waals surface area contributed by atoms with Gasteiger partial charge >= 0.3 is 6.36 Å². The van der Waals surface area contributed by atoms with Crippen molar-refractivity contribution in [1.82, 2.24) is 0 Å². The summed E-state index contributed by atoms with van der Waals surface area (Å²) in [5.74, 6) is 0.00734. The minimum atomic E-state index is -4.70. The van der Waals surface area contributed by atoms with E-state index in [1.54, 1.807) is 24.3 Å². The minimum absolute atomic E-state index is 0.0768. The fraction of sp³-hybridized carbons (Fsp3) is 0.360. The molecule has 0 amide bonds. The lowest BCUT2D eigenvalue weighted by Gasteiger charge is -2.35. The molecule has 0 N–H and O–H groups in total. The Labute approximate surface area is 173 Å². The number of hydrogen-bond donors (Lipinski definition) is 0. The summed E-state index contributed by atoms with van der Waals surface area (Å²) in [4.78, 5) is 0. The molecule has 0 heterocycles. The molecule has 1 aliphatic rings. The van der Waals surface area contributed by atoms with E-state index in [1.807, 2.05) is 6.07 Å². The summed E-state index contributed by atoms with van der Waals surface area (Å²) in [5.41, 5.74) is 3.28. The Balaban J connectivity index is 1.77. The van der Waals surface area contributed by atoms with E-state index in [0.717, 1.165) is 59.6 Å². The molecule has 0 radical (unpaired) electrons. The van der Waals surface area contributed by atoms with Gasteiger partial charge in [0.05, 0.1) is 0 Å². The largest absolute Gasteiger partial charge is 0.573 e. The maximum atomic E-state index is 13.9. The third kappa shape index (κ3) is 4.30. The number of ether oxygens (including phenoxy) is 1. The molecular formula is C25H24F4O. The van der Waals surface area contributed by atoms with Gasteiger partial charge < -0.3 is 4.74 Å². The number of hydrogen-bond acceptors (Lipinski definition) is 1. The zero-order valence-electron chi connectivity index (χ0n) is 16.8. The van der Waals surface area contributed by atoms with Crippen LogP contribution in [0.5, 0.6) is 5.75 Å². The minimum Gasteiger partial charge on any atom is -0.406 e. The number of alkyl halides is 3. The van der Waals surface area contributed by atoms with E-state index >= 15 is 0 Å². The van der Waals surface area contributed by atoms with Crippen molar-refractivity contribution >= 4 is 10.8 Å². The van der Waals surface area contributed by atoms with Crippen molar-refractivity contribution in [3.05, 3.63) is 77.1 Å². The normalized spacial score (nSPS) is 19.0. The van der Waals surface area contributed by atoms with E-state index in [-0.39, 0.29) is 17.5 Å². The molecule has 0 unspecified atom stereocenters. The third-order valence-electron chi connectivity index (χ3n) is 6.10. The number of rotatable bonds is 5. The molecule has 0 fully saturated rings. The lowest BCUT2D eigenvalue weighted by molar-refractivity contribution is -0.274. The van der Waals surface area contributed by atoms with Crippen LogP contribution in [0.15, 0.2) is 54.6 Å². The van der Waals surface area contributed by atoms with Gasteiger partial charge in [0.2, 0.25) is 0 Å². The highest BCUT2D eigenvalue weighted by Gasteiger charge is 2.33. The second kappa shape index (κ2) is 8.29. The Hall–Kier alpha value is -2.56. The molecule has 2 atom stereocenters. The van der Waals surface area contributed by atoms with E-state index < -0.39 is 6.36 Å². The summed E-state index contributed by atoms with van der Waals surface area (Å²) < 4.78 is 55.5. The Bertz CT molecular complexity index is 1020. The first-order valence-corrected chi connectivity index (χ1v) is 10.4. The second-order valence-corrected chi connectivity index (χ2v) is 8.03. The van der Waals surface area contributed by atoms with Gasteiger partial charge in [0.1, 0.15) is 11.6 Å². The van der Waals surface area contributed by atoms with Crippen molar-refractivity contribution in [2.75, 3.05) is 0 Å². The number of aryl methyl sites for hydroxylation is 1. The third-order valence-corrected chi connectivity index (χ3v) is 6.10. The van der Waals surface area contributed by atoms with Crippen molar-refractivity contribution < 1.29 is 22.3 Å². The summed E-state index contributed by atoms with van der Waals surface area (Å²) in [6.07, 6.45) is 0.421. The smallest absolute Gasteiger partial charge is 0.406 e. The lowest BCUT2D eigenvalue weighted by Crippen LogP contribution is -2.22. The van der Waals surface area contributed by atoms with Crippen LogP contribution in [-0.4, -0.2) is 6.36 Å². The Morgan fingerprint density at radius 1 is 1.00 bits per heavy atom. The monoisotopic (exact) mass is 416 g/mol. The van der Waals surface area contributed by atoms with Gasteiger partial charge in [-0.25, -0.2) is 4.39 Å². The van der Waals surface area contributed by atoms with E-state index in [0.29, 0.717) is 5.92 Å². The molecule has 158 valence electrons. The van der Waals surface area contributed by atoms with Gasteiger partial charge in [0.25, 0.3) is 0 Å². The predicted molar refractivity (Wildman–Crippen MR) is 110 cm³/mol. The Kier molecular flexibility index (Phi) is 5.72. The highest BCUT2D eigenvalue weighted by atomic mass is 19.4. The summed E-state index contributed by atoms with van der Waals surface area (Å²) >= 11 is 0. The molecule has 0 saturated heterocycles. The predicted octanol–water partition coefficient (Wildman–Crippen LogP) is 7.76. The van der Waals surface area contributed by atoms with Crippen LogP contribution >= 0.6 is 0 Å². The van der Waals surface area contributed by atoms with Crippen molar-refractivity contribution in [3.8, 4) is 5.75 Å². The summed E-state index contributed by atoms with van der Waals surface area (Å²) in [5, 5.41) is 1.94. The van der Waals surface area contributed by atoms with E-state index in [2.05, 4.69) is 17.7 Å². The molecule has 4 rings (SSSR count). The first-order valence-electron chi connectivity index (χ1n) is 10.4. The Morgan fingerprint density at radius 3 is 2.43 bits per heavy atom. The van der Waals surface area contributed by atoms with Crippen LogP contribution in [0, 0.1) is 11.7 Å². The van der Waals surface area contributed by atoms with Crippen LogP contribution in [0.4, 0.5) is 17.6 Å². The molecule has 0 aromatic heterocycles. The van der Waals surface area contributed by atoms with Crippen LogP contribution < -0.4 is 4.74 Å². The lowest BCUT2D eigenvalue weighted by atomic mass is 9.69. The van der Waals surface area contributed by atoms with Crippen molar-refractivity contribution in [3.63, 3.8) is 0 Å².